The van der Waals surface area contributed by atoms with E-state index in [2.05, 4.69) is 0 Å². The molecule has 0 aromatic rings. The molecule has 0 fully saturated rings. The largest absolute Gasteiger partial charge is 0.555 e. The summed E-state index contributed by atoms with van der Waals surface area (Å²) in [5, 5.41) is 8.98. The normalized spacial score (nSPS) is 15.3. The summed E-state index contributed by atoms with van der Waals surface area (Å²) in [5.41, 5.74) is 0. The maximum absolute atomic E-state index is 11.5. The zero-order chi connectivity index (χ0) is 17.8. The van der Waals surface area contributed by atoms with Crippen molar-refractivity contribution >= 4 is 22.0 Å². The number of aliphatic carboxylic acids is 1. The van der Waals surface area contributed by atoms with Crippen LogP contribution in [0.25, 0.3) is 0 Å². The third-order valence-corrected chi connectivity index (χ3v) is 4.44. The number of hydrogen-bond acceptors (Lipinski definition) is 6. The molecule has 4 atom stereocenters. The molecule has 23 heavy (non-hydrogen) atoms. The van der Waals surface area contributed by atoms with Gasteiger partial charge in [-0.2, -0.15) is 14.7 Å². The van der Waals surface area contributed by atoms with E-state index in [1.807, 2.05) is 13.8 Å². The number of rotatable bonds is 14. The fourth-order valence-electron chi connectivity index (χ4n) is 1.66. The highest BCUT2D eigenvalue weighted by atomic mass is 31.1. The van der Waals surface area contributed by atoms with Gasteiger partial charge in [0.15, 0.2) is 0 Å². The fourth-order valence-corrected chi connectivity index (χ4v) is 3.14. The molecule has 0 rings (SSSR count). The van der Waals surface area contributed by atoms with Gasteiger partial charge >= 0.3 is 34.0 Å². The van der Waals surface area contributed by atoms with Crippen molar-refractivity contribution in [1.82, 2.24) is 4.90 Å². The second-order valence-corrected chi connectivity index (χ2v) is 6.87. The van der Waals surface area contributed by atoms with E-state index >= 15 is 0 Å². The monoisotopic (exact) mass is 373 g/mol. The lowest BCUT2D eigenvalue weighted by molar-refractivity contribution is -0.148. The van der Waals surface area contributed by atoms with Gasteiger partial charge in [-0.25, -0.2) is 0 Å². The highest BCUT2D eigenvalue weighted by molar-refractivity contribution is 7.39. The van der Waals surface area contributed by atoms with Crippen molar-refractivity contribution in [2.75, 3.05) is 19.8 Å². The molecule has 0 amide bonds. The Labute approximate surface area is 137 Å². The Hall–Kier alpha value is -0.530. The zero-order valence-electron chi connectivity index (χ0n) is 13.3. The van der Waals surface area contributed by atoms with Crippen LogP contribution in [0.1, 0.15) is 39.5 Å². The van der Waals surface area contributed by atoms with E-state index in [4.69, 9.17) is 14.6 Å². The molecule has 4 unspecified atom stereocenters. The molecule has 0 spiro atoms. The lowest BCUT2D eigenvalue weighted by Gasteiger charge is -2.22. The van der Waals surface area contributed by atoms with Gasteiger partial charge < -0.3 is 14.6 Å². The van der Waals surface area contributed by atoms with Crippen LogP contribution in [0, 0.1) is 0 Å². The maximum atomic E-state index is 11.5. The molecule has 134 valence electrons. The molecule has 0 aliphatic heterocycles. The Morgan fingerprint density at radius 2 is 1.39 bits per heavy atom. The quantitative estimate of drug-likeness (QED) is 0.237. The average molecular weight is 373 g/mol. The average Bonchev–Trinajstić information content (AvgIpc) is 2.45. The Morgan fingerprint density at radius 3 is 1.65 bits per heavy atom. The van der Waals surface area contributed by atoms with Crippen LogP contribution in [-0.4, -0.2) is 57.5 Å². The minimum absolute atomic E-state index is 0.128. The van der Waals surface area contributed by atoms with Crippen LogP contribution < -0.4 is 0 Å². The summed E-state index contributed by atoms with van der Waals surface area (Å²) in [4.78, 5) is 30.7. The van der Waals surface area contributed by atoms with Crippen LogP contribution >= 0.6 is 16.1 Å². The molecule has 0 heterocycles. The van der Waals surface area contributed by atoms with Crippen LogP contribution in [0.2, 0.25) is 0 Å². The van der Waals surface area contributed by atoms with Crippen LogP contribution in [0.5, 0.6) is 0 Å². The molecule has 9 nitrogen and oxygen atoms in total. The standard InChI is InChI=1S/C12H23NO8P2/c1-3-5-7-20-11(22(16)17)13(9-10(14)15)12(23(18)19)21-8-6-4-2/h11-12H,3-9H2,1-2H3,(H-2,14,15,16,17,18,19)/p+2. The van der Waals surface area contributed by atoms with Gasteiger partial charge in [0.1, 0.15) is 6.54 Å². The van der Waals surface area contributed by atoms with Gasteiger partial charge in [-0.15, -0.1) is 0 Å². The highest BCUT2D eigenvalue weighted by Crippen LogP contribution is 2.36. The van der Waals surface area contributed by atoms with Gasteiger partial charge in [0.25, 0.3) is 0 Å². The van der Waals surface area contributed by atoms with Crippen LogP contribution in [0.4, 0.5) is 0 Å². The summed E-state index contributed by atoms with van der Waals surface area (Å²) in [6, 6.07) is 0. The Bertz CT molecular complexity index is 367. The predicted octanol–water partition coefficient (Wildman–Crippen LogP) is 2.04. The maximum Gasteiger partial charge on any atom is 0.555 e. The van der Waals surface area contributed by atoms with Crippen molar-refractivity contribution in [3.63, 3.8) is 0 Å². The molecular formula is C12H25NO8P2+2. The summed E-state index contributed by atoms with van der Waals surface area (Å²) >= 11 is 0. The smallest absolute Gasteiger partial charge is 0.480 e. The van der Waals surface area contributed by atoms with Gasteiger partial charge in [-0.05, 0) is 22.0 Å². The zero-order valence-corrected chi connectivity index (χ0v) is 15.1. The van der Waals surface area contributed by atoms with Crippen molar-refractivity contribution in [2.45, 2.75) is 51.5 Å². The van der Waals surface area contributed by atoms with E-state index < -0.39 is 40.5 Å². The van der Waals surface area contributed by atoms with E-state index in [9.17, 15) is 23.7 Å². The van der Waals surface area contributed by atoms with Crippen molar-refractivity contribution in [3.8, 4) is 0 Å². The lowest BCUT2D eigenvalue weighted by Crippen LogP contribution is -2.46. The molecule has 0 aliphatic carbocycles. The van der Waals surface area contributed by atoms with E-state index in [-0.39, 0.29) is 13.2 Å². The SMILES string of the molecule is CCCCOC(N(CC(=O)O)C(OCCCC)[P+](=O)O)[P+](=O)O. The summed E-state index contributed by atoms with van der Waals surface area (Å²) in [6.45, 7) is 3.30. The van der Waals surface area contributed by atoms with E-state index in [0.717, 1.165) is 17.7 Å². The summed E-state index contributed by atoms with van der Waals surface area (Å²) in [5.74, 6) is -4.37. The van der Waals surface area contributed by atoms with Crippen molar-refractivity contribution in [1.29, 1.82) is 0 Å². The van der Waals surface area contributed by atoms with Gasteiger partial charge in [0.05, 0.1) is 13.2 Å². The number of unbranched alkanes of at least 4 members (excludes halogenated alkanes) is 2. The minimum atomic E-state index is -2.96. The fraction of sp³-hybridized carbons (Fsp3) is 0.917. The van der Waals surface area contributed by atoms with Crippen LogP contribution in [-0.2, 0) is 23.4 Å². The molecule has 0 aromatic heterocycles. The molecule has 0 aromatic carbocycles. The first-order valence-corrected chi connectivity index (χ1v) is 9.92. The Morgan fingerprint density at radius 1 is 1.00 bits per heavy atom. The second kappa shape index (κ2) is 12.8. The summed E-state index contributed by atoms with van der Waals surface area (Å²) in [7, 11) is -5.91. The molecule has 3 N–H and O–H groups in total. The lowest BCUT2D eigenvalue weighted by atomic mass is 10.4. The first-order valence-electron chi connectivity index (χ1n) is 7.36. The molecule has 0 radical (unpaired) electrons. The van der Waals surface area contributed by atoms with E-state index in [0.29, 0.717) is 12.8 Å². The number of nitrogens with zero attached hydrogens (tertiary/aromatic N) is 1. The number of carbonyl (C=O) groups is 1. The summed E-state index contributed by atoms with van der Waals surface area (Å²) < 4.78 is 33.6. The highest BCUT2D eigenvalue weighted by Gasteiger charge is 2.50. The summed E-state index contributed by atoms with van der Waals surface area (Å²) in [6.07, 6.45) is 2.76. The van der Waals surface area contributed by atoms with Crippen LogP contribution in [0.3, 0.4) is 0 Å². The van der Waals surface area contributed by atoms with Gasteiger partial charge in [-0.3, -0.25) is 4.79 Å². The van der Waals surface area contributed by atoms with Crippen molar-refractivity contribution in [2.24, 2.45) is 0 Å². The predicted molar refractivity (Wildman–Crippen MR) is 83.3 cm³/mol. The van der Waals surface area contributed by atoms with E-state index in [1.54, 1.807) is 0 Å². The molecular weight excluding hydrogens is 348 g/mol. The number of ether oxygens (including phenoxy) is 2. The Kier molecular flexibility index (Phi) is 12.5. The van der Waals surface area contributed by atoms with Gasteiger partial charge in [0.2, 0.25) is 0 Å². The van der Waals surface area contributed by atoms with Gasteiger partial charge in [-0.1, -0.05) is 26.7 Å². The minimum Gasteiger partial charge on any atom is -0.480 e. The Balaban J connectivity index is 5.23. The molecule has 0 bridgehead atoms. The third-order valence-electron chi connectivity index (χ3n) is 2.79. The molecule has 0 saturated heterocycles. The molecule has 0 aliphatic rings. The molecule has 0 saturated carbocycles. The second-order valence-electron chi connectivity index (χ2n) is 4.77. The van der Waals surface area contributed by atoms with Gasteiger partial charge in [0, 0.05) is 0 Å². The van der Waals surface area contributed by atoms with Crippen LogP contribution in [0.15, 0.2) is 0 Å². The first kappa shape index (κ1) is 22.5. The third kappa shape index (κ3) is 9.37. The topological polar surface area (TPSA) is 134 Å². The van der Waals surface area contributed by atoms with E-state index in [1.165, 1.54) is 0 Å². The first-order chi connectivity index (χ1) is 10.8. The van der Waals surface area contributed by atoms with Crippen molar-refractivity contribution in [3.05, 3.63) is 0 Å². The number of carboxylic acid groups (broad SMARTS) is 1. The van der Waals surface area contributed by atoms with Crippen molar-refractivity contribution < 1.29 is 38.3 Å². The molecule has 11 heteroatoms. The number of carboxylic acids is 1. The number of hydrogen-bond donors (Lipinski definition) is 3.